The molecule has 2 aromatic rings. The van der Waals surface area contributed by atoms with Crippen LogP contribution < -0.4 is 4.74 Å². The molecular formula is C20H25N3O2S. The highest BCUT2D eigenvalue weighted by Crippen LogP contribution is 2.34. The van der Waals surface area contributed by atoms with Crippen molar-refractivity contribution in [2.24, 2.45) is 4.99 Å². The Hall–Kier alpha value is -1.79. The van der Waals surface area contributed by atoms with Gasteiger partial charge in [0.15, 0.2) is 5.17 Å². The highest BCUT2D eigenvalue weighted by Gasteiger charge is 2.27. The second-order valence-electron chi connectivity index (χ2n) is 6.61. The van der Waals surface area contributed by atoms with Crippen molar-refractivity contribution in [3.63, 3.8) is 0 Å². The van der Waals surface area contributed by atoms with Crippen LogP contribution in [0.5, 0.6) is 5.75 Å². The molecule has 1 saturated heterocycles. The molecule has 0 radical (unpaired) electrons. The maximum Gasteiger partial charge on any atom is 0.165 e. The minimum Gasteiger partial charge on any atom is -0.494 e. The summed E-state index contributed by atoms with van der Waals surface area (Å²) in [6.07, 6.45) is 2.62. The third kappa shape index (κ3) is 3.67. The van der Waals surface area contributed by atoms with Crippen molar-refractivity contribution in [2.45, 2.75) is 44.4 Å². The monoisotopic (exact) mass is 371 g/mol. The third-order valence-corrected chi connectivity index (χ3v) is 5.81. The number of hydrogen-bond acceptors (Lipinski definition) is 5. The molecule has 0 aliphatic carbocycles. The molecule has 4 rings (SSSR count). The summed E-state index contributed by atoms with van der Waals surface area (Å²) < 4.78 is 11.5. The Morgan fingerprint density at radius 1 is 1.35 bits per heavy atom. The standard InChI is InChI=1S/C20H25N3O2S/c1-3-21-20-23(13-17-6-5-9-25-17)12-15-10-14-11-16(24-4-2)7-8-18(14)22-19(15)26-20/h7-8,10-11,17H,3-6,9,12-13H2,1-2H3/t17-/m1/s1. The topological polar surface area (TPSA) is 47.0 Å². The van der Waals surface area contributed by atoms with Crippen LogP contribution in [0.2, 0.25) is 0 Å². The van der Waals surface area contributed by atoms with Gasteiger partial charge in [0.25, 0.3) is 0 Å². The summed E-state index contributed by atoms with van der Waals surface area (Å²) in [6, 6.07) is 8.36. The van der Waals surface area contributed by atoms with Gasteiger partial charge >= 0.3 is 0 Å². The highest BCUT2D eigenvalue weighted by molar-refractivity contribution is 8.13. The normalized spacial score (nSPS) is 21.4. The number of thioether (sulfide) groups is 1. The van der Waals surface area contributed by atoms with Crippen LogP contribution in [0, 0.1) is 0 Å². The summed E-state index contributed by atoms with van der Waals surface area (Å²) in [5.74, 6) is 0.898. The smallest absolute Gasteiger partial charge is 0.165 e. The number of pyridine rings is 1. The molecule has 6 heteroatoms. The Kier molecular flexibility index (Phi) is 5.31. The number of rotatable bonds is 5. The van der Waals surface area contributed by atoms with Crippen LogP contribution in [-0.4, -0.2) is 47.5 Å². The van der Waals surface area contributed by atoms with E-state index in [-0.39, 0.29) is 0 Å². The van der Waals surface area contributed by atoms with E-state index < -0.39 is 0 Å². The van der Waals surface area contributed by atoms with Crippen LogP contribution in [0.1, 0.15) is 32.3 Å². The average Bonchev–Trinajstić information content (AvgIpc) is 3.14. The van der Waals surface area contributed by atoms with E-state index in [1.165, 1.54) is 5.56 Å². The van der Waals surface area contributed by atoms with Crippen molar-refractivity contribution < 1.29 is 9.47 Å². The fourth-order valence-electron chi connectivity index (χ4n) is 3.51. The number of nitrogens with zero attached hydrogens (tertiary/aromatic N) is 3. The summed E-state index contributed by atoms with van der Waals surface area (Å²) in [5, 5.41) is 3.26. The summed E-state index contributed by atoms with van der Waals surface area (Å²) in [5.41, 5.74) is 2.26. The molecule has 0 amide bonds. The third-order valence-electron chi connectivity index (χ3n) is 4.70. The SMILES string of the molecule is CCN=C1Sc2nc3ccc(OCC)cc3cc2CN1C[C@H]1CCCO1. The van der Waals surface area contributed by atoms with Gasteiger partial charge in [-0.3, -0.25) is 4.99 Å². The lowest BCUT2D eigenvalue weighted by Gasteiger charge is -2.32. The fraction of sp³-hybridized carbons (Fsp3) is 0.500. The molecule has 5 nitrogen and oxygen atoms in total. The largest absolute Gasteiger partial charge is 0.494 e. The van der Waals surface area contributed by atoms with Gasteiger partial charge in [0, 0.05) is 37.2 Å². The number of aliphatic imine (C=N–C) groups is 1. The lowest BCUT2D eigenvalue weighted by molar-refractivity contribution is 0.0902. The zero-order valence-electron chi connectivity index (χ0n) is 15.4. The van der Waals surface area contributed by atoms with Crippen LogP contribution in [0.25, 0.3) is 10.9 Å². The van der Waals surface area contributed by atoms with Crippen LogP contribution in [0.3, 0.4) is 0 Å². The van der Waals surface area contributed by atoms with Crippen LogP contribution in [-0.2, 0) is 11.3 Å². The second-order valence-corrected chi connectivity index (χ2v) is 7.57. The quantitative estimate of drug-likeness (QED) is 0.792. The first-order chi connectivity index (χ1) is 12.8. The zero-order chi connectivity index (χ0) is 17.9. The van der Waals surface area contributed by atoms with Crippen molar-refractivity contribution >= 4 is 27.8 Å². The van der Waals surface area contributed by atoms with Crippen LogP contribution in [0.4, 0.5) is 0 Å². The van der Waals surface area contributed by atoms with E-state index in [0.29, 0.717) is 12.7 Å². The number of amidine groups is 1. The zero-order valence-corrected chi connectivity index (χ0v) is 16.2. The molecule has 0 saturated carbocycles. The van der Waals surface area contributed by atoms with Gasteiger partial charge in [-0.25, -0.2) is 4.98 Å². The minimum atomic E-state index is 0.317. The van der Waals surface area contributed by atoms with E-state index in [0.717, 1.165) is 65.9 Å². The molecule has 138 valence electrons. The van der Waals surface area contributed by atoms with Gasteiger partial charge in [-0.15, -0.1) is 0 Å². The van der Waals surface area contributed by atoms with Gasteiger partial charge in [-0.1, -0.05) is 0 Å². The molecule has 1 fully saturated rings. The van der Waals surface area contributed by atoms with E-state index >= 15 is 0 Å². The maximum absolute atomic E-state index is 5.84. The highest BCUT2D eigenvalue weighted by atomic mass is 32.2. The van der Waals surface area contributed by atoms with Crippen molar-refractivity contribution in [1.29, 1.82) is 0 Å². The minimum absolute atomic E-state index is 0.317. The molecule has 1 atom stereocenters. The Bertz CT molecular complexity index is 818. The molecule has 0 N–H and O–H groups in total. The van der Waals surface area contributed by atoms with Gasteiger partial charge in [-0.05, 0) is 62.7 Å². The Labute approximate surface area is 158 Å². The van der Waals surface area contributed by atoms with Gasteiger partial charge in [-0.2, -0.15) is 0 Å². The van der Waals surface area contributed by atoms with Crippen molar-refractivity contribution in [3.8, 4) is 5.75 Å². The molecule has 2 aliphatic heterocycles. The van der Waals surface area contributed by atoms with Crippen molar-refractivity contribution in [3.05, 3.63) is 29.8 Å². The Balaban J connectivity index is 1.65. The van der Waals surface area contributed by atoms with E-state index in [9.17, 15) is 0 Å². The molecular weight excluding hydrogens is 346 g/mol. The molecule has 3 heterocycles. The first kappa shape index (κ1) is 17.6. The average molecular weight is 372 g/mol. The molecule has 0 unspecified atom stereocenters. The van der Waals surface area contributed by atoms with E-state index in [1.807, 2.05) is 19.1 Å². The van der Waals surface area contributed by atoms with E-state index in [2.05, 4.69) is 24.0 Å². The van der Waals surface area contributed by atoms with Gasteiger partial charge in [0.1, 0.15) is 10.8 Å². The van der Waals surface area contributed by atoms with Crippen molar-refractivity contribution in [1.82, 2.24) is 9.88 Å². The second kappa shape index (κ2) is 7.84. The molecule has 1 aromatic heterocycles. The lowest BCUT2D eigenvalue weighted by atomic mass is 10.1. The molecule has 0 bridgehead atoms. The van der Waals surface area contributed by atoms with Crippen molar-refractivity contribution in [2.75, 3.05) is 26.3 Å². The summed E-state index contributed by atoms with van der Waals surface area (Å²) in [4.78, 5) is 12.0. The maximum atomic E-state index is 5.84. The summed E-state index contributed by atoms with van der Waals surface area (Å²) in [6.45, 7) is 8.16. The fourth-order valence-corrected chi connectivity index (χ4v) is 4.54. The van der Waals surface area contributed by atoms with E-state index in [4.69, 9.17) is 19.5 Å². The predicted octanol–water partition coefficient (Wildman–Crippen LogP) is 4.10. The van der Waals surface area contributed by atoms with Gasteiger partial charge in [0.05, 0.1) is 18.2 Å². The number of ether oxygens (including phenoxy) is 2. The van der Waals surface area contributed by atoms with Gasteiger partial charge < -0.3 is 14.4 Å². The lowest BCUT2D eigenvalue weighted by Crippen LogP contribution is -2.38. The Morgan fingerprint density at radius 3 is 3.04 bits per heavy atom. The Morgan fingerprint density at radius 2 is 2.27 bits per heavy atom. The molecule has 0 spiro atoms. The molecule has 1 aromatic carbocycles. The number of fused-ring (bicyclic) bond motifs is 2. The van der Waals surface area contributed by atoms with E-state index in [1.54, 1.807) is 11.8 Å². The number of hydrogen-bond donors (Lipinski definition) is 0. The predicted molar refractivity (Wildman–Crippen MR) is 106 cm³/mol. The van der Waals surface area contributed by atoms with Gasteiger partial charge in [0.2, 0.25) is 0 Å². The molecule has 26 heavy (non-hydrogen) atoms. The van der Waals surface area contributed by atoms with Crippen LogP contribution >= 0.6 is 11.8 Å². The first-order valence-electron chi connectivity index (χ1n) is 9.42. The number of benzene rings is 1. The summed E-state index contributed by atoms with van der Waals surface area (Å²) >= 11 is 1.68. The summed E-state index contributed by atoms with van der Waals surface area (Å²) in [7, 11) is 0. The molecule has 2 aliphatic rings. The first-order valence-corrected chi connectivity index (χ1v) is 10.2. The van der Waals surface area contributed by atoms with Crippen LogP contribution in [0.15, 0.2) is 34.3 Å². The number of aromatic nitrogens is 1.